The standard InChI is InChI=1S/C19H24N6O/c1-11(2)25-16-14(10-21-25)13(9-15(22-16)12-5-6-12)17-23-18(24-26-17)19(20)7-3-4-8-19/h9-12H,3-8,20H2,1-2H3. The first-order valence-electron chi connectivity index (χ1n) is 9.57. The lowest BCUT2D eigenvalue weighted by Crippen LogP contribution is -2.34. The van der Waals surface area contributed by atoms with E-state index in [4.69, 9.17) is 20.2 Å². The third-order valence-electron chi connectivity index (χ3n) is 5.67. The summed E-state index contributed by atoms with van der Waals surface area (Å²) in [7, 11) is 0. The predicted molar refractivity (Wildman–Crippen MR) is 97.5 cm³/mol. The minimum Gasteiger partial charge on any atom is -0.334 e. The van der Waals surface area contributed by atoms with E-state index in [0.717, 1.165) is 48.0 Å². The Balaban J connectivity index is 1.65. The molecule has 26 heavy (non-hydrogen) atoms. The molecule has 0 amide bonds. The second kappa shape index (κ2) is 5.61. The molecule has 7 nitrogen and oxygen atoms in total. The molecule has 2 fully saturated rings. The molecule has 2 aliphatic carbocycles. The van der Waals surface area contributed by atoms with Gasteiger partial charge in [-0.25, -0.2) is 9.67 Å². The molecule has 0 aromatic carbocycles. The van der Waals surface area contributed by atoms with Gasteiger partial charge in [-0.1, -0.05) is 18.0 Å². The number of pyridine rings is 1. The highest BCUT2D eigenvalue weighted by Crippen LogP contribution is 2.42. The van der Waals surface area contributed by atoms with Crippen molar-refractivity contribution in [3.63, 3.8) is 0 Å². The Morgan fingerprint density at radius 2 is 2.00 bits per heavy atom. The highest BCUT2D eigenvalue weighted by atomic mass is 16.5. The van der Waals surface area contributed by atoms with Gasteiger partial charge in [-0.2, -0.15) is 10.1 Å². The largest absolute Gasteiger partial charge is 0.334 e. The fourth-order valence-corrected chi connectivity index (χ4v) is 3.95. The molecule has 3 aromatic rings. The summed E-state index contributed by atoms with van der Waals surface area (Å²) < 4.78 is 7.62. The van der Waals surface area contributed by atoms with Gasteiger partial charge in [0, 0.05) is 17.7 Å². The molecule has 0 atom stereocenters. The van der Waals surface area contributed by atoms with E-state index in [-0.39, 0.29) is 6.04 Å². The Kier molecular flexibility index (Phi) is 3.44. The van der Waals surface area contributed by atoms with Crippen molar-refractivity contribution in [1.82, 2.24) is 24.9 Å². The zero-order valence-corrected chi connectivity index (χ0v) is 15.3. The Bertz CT molecular complexity index is 962. The number of rotatable bonds is 4. The van der Waals surface area contributed by atoms with Crippen LogP contribution in [0.3, 0.4) is 0 Å². The molecular weight excluding hydrogens is 328 g/mol. The molecule has 0 aliphatic heterocycles. The van der Waals surface area contributed by atoms with E-state index in [0.29, 0.717) is 17.6 Å². The third kappa shape index (κ3) is 2.45. The van der Waals surface area contributed by atoms with Gasteiger partial charge in [-0.3, -0.25) is 0 Å². The first-order chi connectivity index (χ1) is 12.5. The van der Waals surface area contributed by atoms with Crippen LogP contribution in [0.15, 0.2) is 16.8 Å². The minimum absolute atomic E-state index is 0.242. The highest BCUT2D eigenvalue weighted by Gasteiger charge is 2.36. The van der Waals surface area contributed by atoms with E-state index in [1.54, 1.807) is 0 Å². The third-order valence-corrected chi connectivity index (χ3v) is 5.67. The van der Waals surface area contributed by atoms with Crippen LogP contribution in [0.1, 0.15) is 75.9 Å². The van der Waals surface area contributed by atoms with Crippen molar-refractivity contribution in [2.75, 3.05) is 0 Å². The molecule has 0 saturated heterocycles. The number of nitrogens with zero attached hydrogens (tertiary/aromatic N) is 5. The Morgan fingerprint density at radius 1 is 1.23 bits per heavy atom. The molecule has 5 rings (SSSR count). The van der Waals surface area contributed by atoms with Crippen LogP contribution in [0.5, 0.6) is 0 Å². The summed E-state index contributed by atoms with van der Waals surface area (Å²) in [6.07, 6.45) is 8.29. The fraction of sp³-hybridized carbons (Fsp3) is 0.579. The maximum absolute atomic E-state index is 6.50. The number of nitrogens with two attached hydrogens (primary N) is 1. The quantitative estimate of drug-likeness (QED) is 0.769. The van der Waals surface area contributed by atoms with Crippen molar-refractivity contribution < 1.29 is 4.52 Å². The molecule has 3 aromatic heterocycles. The van der Waals surface area contributed by atoms with Gasteiger partial charge < -0.3 is 10.3 Å². The Morgan fingerprint density at radius 3 is 2.69 bits per heavy atom. The van der Waals surface area contributed by atoms with Crippen molar-refractivity contribution in [3.05, 3.63) is 23.8 Å². The van der Waals surface area contributed by atoms with Crippen LogP contribution < -0.4 is 5.73 Å². The van der Waals surface area contributed by atoms with Crippen LogP contribution in [0.25, 0.3) is 22.5 Å². The first-order valence-corrected chi connectivity index (χ1v) is 9.57. The molecule has 0 bridgehead atoms. The smallest absolute Gasteiger partial charge is 0.258 e. The molecule has 3 heterocycles. The maximum Gasteiger partial charge on any atom is 0.258 e. The lowest BCUT2D eigenvalue weighted by atomic mass is 9.98. The van der Waals surface area contributed by atoms with Gasteiger partial charge in [-0.05, 0) is 45.6 Å². The lowest BCUT2D eigenvalue weighted by molar-refractivity contribution is 0.373. The zero-order chi connectivity index (χ0) is 17.9. The zero-order valence-electron chi connectivity index (χ0n) is 15.3. The van der Waals surface area contributed by atoms with Gasteiger partial charge in [0.1, 0.15) is 0 Å². The van der Waals surface area contributed by atoms with E-state index in [2.05, 4.69) is 30.2 Å². The van der Waals surface area contributed by atoms with E-state index in [1.807, 2.05) is 10.9 Å². The summed E-state index contributed by atoms with van der Waals surface area (Å²) in [5, 5.41) is 9.72. The van der Waals surface area contributed by atoms with Crippen LogP contribution in [0.4, 0.5) is 0 Å². The summed E-state index contributed by atoms with van der Waals surface area (Å²) in [5.41, 5.74) is 8.96. The molecule has 7 heteroatoms. The molecular formula is C19H24N6O. The summed E-state index contributed by atoms with van der Waals surface area (Å²) >= 11 is 0. The Labute approximate surface area is 152 Å². The van der Waals surface area contributed by atoms with Crippen LogP contribution in [-0.4, -0.2) is 24.9 Å². The van der Waals surface area contributed by atoms with Gasteiger partial charge in [0.15, 0.2) is 11.5 Å². The normalized spacial score (nSPS) is 19.7. The van der Waals surface area contributed by atoms with Gasteiger partial charge in [0.2, 0.25) is 0 Å². The van der Waals surface area contributed by atoms with Gasteiger partial charge in [0.25, 0.3) is 5.89 Å². The molecule has 2 saturated carbocycles. The molecule has 0 spiro atoms. The van der Waals surface area contributed by atoms with E-state index >= 15 is 0 Å². The van der Waals surface area contributed by atoms with Gasteiger partial charge >= 0.3 is 0 Å². The second-order valence-corrected chi connectivity index (χ2v) is 8.08. The van der Waals surface area contributed by atoms with Crippen LogP contribution in [0.2, 0.25) is 0 Å². The topological polar surface area (TPSA) is 95.7 Å². The molecule has 2 aliphatic rings. The first kappa shape index (κ1) is 15.9. The highest BCUT2D eigenvalue weighted by molar-refractivity contribution is 5.90. The van der Waals surface area contributed by atoms with Crippen LogP contribution in [-0.2, 0) is 5.54 Å². The van der Waals surface area contributed by atoms with E-state index < -0.39 is 5.54 Å². The van der Waals surface area contributed by atoms with Gasteiger partial charge in [-0.15, -0.1) is 0 Å². The lowest BCUT2D eigenvalue weighted by Gasteiger charge is -2.17. The number of fused-ring (bicyclic) bond motifs is 1. The summed E-state index contributed by atoms with van der Waals surface area (Å²) in [5.74, 6) is 1.68. The molecule has 2 N–H and O–H groups in total. The van der Waals surface area contributed by atoms with Crippen molar-refractivity contribution in [2.45, 2.75) is 69.9 Å². The summed E-state index contributed by atoms with van der Waals surface area (Å²) in [6, 6.07) is 2.34. The molecule has 136 valence electrons. The SMILES string of the molecule is CC(C)n1ncc2c(-c3nc(C4(N)CCCC4)no3)cc(C3CC3)nc21. The van der Waals surface area contributed by atoms with E-state index in [9.17, 15) is 0 Å². The number of aromatic nitrogens is 5. The van der Waals surface area contributed by atoms with Gasteiger partial charge in [0.05, 0.1) is 22.7 Å². The summed E-state index contributed by atoms with van der Waals surface area (Å²) in [6.45, 7) is 4.22. The minimum atomic E-state index is -0.449. The maximum atomic E-state index is 6.50. The second-order valence-electron chi connectivity index (χ2n) is 8.08. The van der Waals surface area contributed by atoms with Crippen molar-refractivity contribution in [2.24, 2.45) is 5.73 Å². The van der Waals surface area contributed by atoms with Crippen molar-refractivity contribution in [3.8, 4) is 11.5 Å². The van der Waals surface area contributed by atoms with Crippen molar-refractivity contribution in [1.29, 1.82) is 0 Å². The monoisotopic (exact) mass is 352 g/mol. The van der Waals surface area contributed by atoms with Crippen LogP contribution in [0, 0.1) is 0 Å². The fourth-order valence-electron chi connectivity index (χ4n) is 3.95. The average Bonchev–Trinajstić information content (AvgIpc) is 3.02. The predicted octanol–water partition coefficient (Wildman–Crippen LogP) is 3.67. The van der Waals surface area contributed by atoms with Crippen LogP contribution >= 0.6 is 0 Å². The summed E-state index contributed by atoms with van der Waals surface area (Å²) in [4.78, 5) is 9.58. The average molecular weight is 352 g/mol. The number of hydrogen-bond acceptors (Lipinski definition) is 6. The molecule has 0 unspecified atom stereocenters. The van der Waals surface area contributed by atoms with E-state index in [1.165, 1.54) is 12.8 Å². The molecule has 0 radical (unpaired) electrons. The number of hydrogen-bond donors (Lipinski definition) is 1. The van der Waals surface area contributed by atoms with Crippen molar-refractivity contribution >= 4 is 11.0 Å². The Hall–Kier alpha value is -2.28.